The monoisotopic (exact) mass is 328 g/mol. The van der Waals surface area contributed by atoms with Crippen LogP contribution in [0, 0.1) is 34.5 Å². The van der Waals surface area contributed by atoms with Gasteiger partial charge in [-0.2, -0.15) is 0 Å². The van der Waals surface area contributed by atoms with Gasteiger partial charge < -0.3 is 5.11 Å². The summed E-state index contributed by atoms with van der Waals surface area (Å²) in [4.78, 5) is 11.0. The molecule has 0 spiro atoms. The standard InChI is InChI=1S/C22H32O2/c1-21-13-4-3-5-15(21)6-9-17-18-10-7-16(8-11-20(23)24)22(18,2)14-12-19(17)21/h4-5,13,16-19H,3,6-12,14H2,1-2H3,(H,23,24)/t16-,17-,18-,19-,21-,22+/m0/s1. The van der Waals surface area contributed by atoms with Gasteiger partial charge in [-0.05, 0) is 80.5 Å². The molecular formula is C22H32O2. The Morgan fingerprint density at radius 3 is 2.83 bits per heavy atom. The predicted octanol–water partition coefficient (Wildman–Crippen LogP) is 5.60. The molecule has 4 rings (SSSR count). The SMILES string of the molecule is C[C@]12CC[C@H]3[C@@H](CCC4=CCC=C[C@@]43C)[C@@H]1CC[C@H]2CCC(=O)O. The Balaban J connectivity index is 1.57. The van der Waals surface area contributed by atoms with Crippen LogP contribution in [0.3, 0.4) is 0 Å². The van der Waals surface area contributed by atoms with Crippen molar-refractivity contribution in [3.8, 4) is 0 Å². The summed E-state index contributed by atoms with van der Waals surface area (Å²) in [5.41, 5.74) is 2.41. The Labute approximate surface area is 146 Å². The topological polar surface area (TPSA) is 37.3 Å². The average molecular weight is 328 g/mol. The molecule has 0 radical (unpaired) electrons. The van der Waals surface area contributed by atoms with E-state index in [4.69, 9.17) is 5.11 Å². The van der Waals surface area contributed by atoms with Crippen LogP contribution in [0.4, 0.5) is 0 Å². The van der Waals surface area contributed by atoms with Crippen LogP contribution in [0.1, 0.15) is 71.6 Å². The second kappa shape index (κ2) is 5.75. The van der Waals surface area contributed by atoms with E-state index in [2.05, 4.69) is 32.1 Å². The van der Waals surface area contributed by atoms with Gasteiger partial charge in [0.1, 0.15) is 0 Å². The quantitative estimate of drug-likeness (QED) is 0.685. The van der Waals surface area contributed by atoms with Gasteiger partial charge in [0.15, 0.2) is 0 Å². The molecule has 2 heteroatoms. The van der Waals surface area contributed by atoms with Gasteiger partial charge in [0.2, 0.25) is 0 Å². The lowest BCUT2D eigenvalue weighted by Gasteiger charge is -2.57. The normalized spacial score (nSPS) is 46.7. The number of carboxylic acid groups (broad SMARTS) is 1. The first kappa shape index (κ1) is 16.4. The third-order valence-electron chi connectivity index (χ3n) is 8.51. The first-order valence-corrected chi connectivity index (χ1v) is 10.0. The highest BCUT2D eigenvalue weighted by molar-refractivity contribution is 5.66. The maximum absolute atomic E-state index is 11.0. The number of fused-ring (bicyclic) bond motifs is 5. The Bertz CT molecular complexity index is 589. The van der Waals surface area contributed by atoms with Gasteiger partial charge in [-0.3, -0.25) is 4.79 Å². The average Bonchev–Trinajstić information content (AvgIpc) is 2.89. The largest absolute Gasteiger partial charge is 0.481 e. The van der Waals surface area contributed by atoms with Crippen molar-refractivity contribution in [1.29, 1.82) is 0 Å². The van der Waals surface area contributed by atoms with Crippen molar-refractivity contribution in [2.75, 3.05) is 0 Å². The molecule has 3 saturated carbocycles. The Morgan fingerprint density at radius 2 is 2.04 bits per heavy atom. The molecule has 4 aliphatic rings. The molecule has 3 fully saturated rings. The van der Waals surface area contributed by atoms with E-state index in [0.717, 1.165) is 30.6 Å². The second-order valence-corrected chi connectivity index (χ2v) is 9.32. The highest BCUT2D eigenvalue weighted by atomic mass is 16.4. The van der Waals surface area contributed by atoms with Crippen molar-refractivity contribution >= 4 is 5.97 Å². The number of hydrogen-bond donors (Lipinski definition) is 1. The highest BCUT2D eigenvalue weighted by Gasteiger charge is 2.57. The van der Waals surface area contributed by atoms with Gasteiger partial charge in [0.25, 0.3) is 0 Å². The molecule has 4 aliphatic carbocycles. The number of carboxylic acids is 1. The molecule has 0 amide bonds. The number of allylic oxidation sites excluding steroid dienone is 4. The number of rotatable bonds is 3. The minimum Gasteiger partial charge on any atom is -0.481 e. The Morgan fingerprint density at radius 1 is 1.21 bits per heavy atom. The molecule has 0 aromatic heterocycles. The van der Waals surface area contributed by atoms with Crippen LogP contribution in [0.2, 0.25) is 0 Å². The molecule has 0 heterocycles. The molecule has 0 aromatic rings. The molecular weight excluding hydrogens is 296 g/mol. The summed E-state index contributed by atoms with van der Waals surface area (Å²) in [5, 5.41) is 9.09. The van der Waals surface area contributed by atoms with Gasteiger partial charge in [0.05, 0.1) is 0 Å². The molecule has 0 saturated heterocycles. The molecule has 6 atom stereocenters. The van der Waals surface area contributed by atoms with Crippen molar-refractivity contribution in [2.45, 2.75) is 71.6 Å². The Hall–Kier alpha value is -1.05. The van der Waals surface area contributed by atoms with Crippen LogP contribution in [0.15, 0.2) is 23.8 Å². The number of carbonyl (C=O) groups is 1. The van der Waals surface area contributed by atoms with Crippen molar-refractivity contribution in [1.82, 2.24) is 0 Å². The third kappa shape index (κ3) is 2.32. The van der Waals surface area contributed by atoms with E-state index in [0.29, 0.717) is 23.2 Å². The van der Waals surface area contributed by atoms with Gasteiger partial charge in [-0.15, -0.1) is 0 Å². The van der Waals surface area contributed by atoms with Crippen LogP contribution < -0.4 is 0 Å². The molecule has 132 valence electrons. The summed E-state index contributed by atoms with van der Waals surface area (Å²) in [6.07, 6.45) is 17.7. The zero-order chi connectivity index (χ0) is 16.9. The van der Waals surface area contributed by atoms with E-state index in [1.807, 2.05) is 0 Å². The minimum atomic E-state index is -0.622. The molecule has 24 heavy (non-hydrogen) atoms. The molecule has 0 aliphatic heterocycles. The van der Waals surface area contributed by atoms with Gasteiger partial charge >= 0.3 is 5.97 Å². The zero-order valence-corrected chi connectivity index (χ0v) is 15.3. The van der Waals surface area contributed by atoms with E-state index in [1.54, 1.807) is 5.57 Å². The van der Waals surface area contributed by atoms with E-state index >= 15 is 0 Å². The minimum absolute atomic E-state index is 0.307. The van der Waals surface area contributed by atoms with Crippen molar-refractivity contribution in [3.05, 3.63) is 23.8 Å². The van der Waals surface area contributed by atoms with E-state index in [1.165, 1.54) is 38.5 Å². The van der Waals surface area contributed by atoms with Gasteiger partial charge in [0, 0.05) is 11.8 Å². The first-order valence-electron chi connectivity index (χ1n) is 10.0. The summed E-state index contributed by atoms with van der Waals surface area (Å²) in [6, 6.07) is 0. The zero-order valence-electron chi connectivity index (χ0n) is 15.3. The first-order chi connectivity index (χ1) is 11.4. The van der Waals surface area contributed by atoms with E-state index in [-0.39, 0.29) is 0 Å². The summed E-state index contributed by atoms with van der Waals surface area (Å²) in [7, 11) is 0. The molecule has 0 unspecified atom stereocenters. The second-order valence-electron chi connectivity index (χ2n) is 9.32. The summed E-state index contributed by atoms with van der Waals surface area (Å²) < 4.78 is 0. The molecule has 1 N–H and O–H groups in total. The third-order valence-corrected chi connectivity index (χ3v) is 8.51. The fraction of sp³-hybridized carbons (Fsp3) is 0.773. The van der Waals surface area contributed by atoms with Crippen molar-refractivity contribution < 1.29 is 9.90 Å². The number of aliphatic carboxylic acids is 1. The summed E-state index contributed by atoms with van der Waals surface area (Å²) >= 11 is 0. The van der Waals surface area contributed by atoms with Crippen LogP contribution in [0.5, 0.6) is 0 Å². The van der Waals surface area contributed by atoms with Crippen LogP contribution >= 0.6 is 0 Å². The van der Waals surface area contributed by atoms with Crippen molar-refractivity contribution in [3.63, 3.8) is 0 Å². The van der Waals surface area contributed by atoms with E-state index in [9.17, 15) is 4.79 Å². The maximum atomic E-state index is 11.0. The van der Waals surface area contributed by atoms with Crippen molar-refractivity contribution in [2.24, 2.45) is 34.5 Å². The molecule has 2 nitrogen and oxygen atoms in total. The fourth-order valence-electron chi connectivity index (χ4n) is 7.22. The molecule has 0 aromatic carbocycles. The van der Waals surface area contributed by atoms with Gasteiger partial charge in [-0.1, -0.05) is 37.6 Å². The van der Waals surface area contributed by atoms with Gasteiger partial charge in [-0.25, -0.2) is 0 Å². The summed E-state index contributed by atoms with van der Waals surface area (Å²) in [6.45, 7) is 4.99. The van der Waals surface area contributed by atoms with Crippen LogP contribution in [0.25, 0.3) is 0 Å². The highest BCUT2D eigenvalue weighted by Crippen LogP contribution is 2.66. The van der Waals surface area contributed by atoms with Crippen LogP contribution in [-0.2, 0) is 4.79 Å². The lowest BCUT2D eigenvalue weighted by Crippen LogP contribution is -2.49. The fourth-order valence-corrected chi connectivity index (χ4v) is 7.22. The Kier molecular flexibility index (Phi) is 3.93. The smallest absolute Gasteiger partial charge is 0.303 e. The summed E-state index contributed by atoms with van der Waals surface area (Å²) in [5.74, 6) is 2.49. The predicted molar refractivity (Wildman–Crippen MR) is 96.6 cm³/mol. The number of hydrogen-bond acceptors (Lipinski definition) is 1. The van der Waals surface area contributed by atoms with Crippen LogP contribution in [-0.4, -0.2) is 11.1 Å². The maximum Gasteiger partial charge on any atom is 0.303 e. The molecule has 0 bridgehead atoms. The lowest BCUT2D eigenvalue weighted by molar-refractivity contribution is -0.137. The lowest BCUT2D eigenvalue weighted by atomic mass is 9.47. The van der Waals surface area contributed by atoms with E-state index < -0.39 is 5.97 Å².